The maximum absolute atomic E-state index is 13.6. The van der Waals surface area contributed by atoms with E-state index in [2.05, 4.69) is 16.0 Å². The number of nitrogens with zero attached hydrogens (tertiary/aromatic N) is 2. The van der Waals surface area contributed by atoms with Crippen molar-refractivity contribution in [1.82, 2.24) is 20.4 Å². The SMILES string of the molecule is NC(=O)C(CC1CCCCC1)NC(=O)C1CN(C(=O)Nc2ccccc2)CCN1C(=O)NC1CCCCC1. The molecule has 2 aliphatic carbocycles. The molecule has 2 saturated carbocycles. The van der Waals surface area contributed by atoms with Crippen LogP contribution in [0.15, 0.2) is 30.3 Å². The van der Waals surface area contributed by atoms with Gasteiger partial charge in [0.2, 0.25) is 11.8 Å². The summed E-state index contributed by atoms with van der Waals surface area (Å²) in [7, 11) is 0. The van der Waals surface area contributed by atoms with Gasteiger partial charge in [-0.05, 0) is 37.3 Å². The summed E-state index contributed by atoms with van der Waals surface area (Å²) in [5.41, 5.74) is 6.34. The van der Waals surface area contributed by atoms with Crippen LogP contribution < -0.4 is 21.7 Å². The number of rotatable bonds is 7. The Hall–Kier alpha value is -3.30. The fourth-order valence-corrected chi connectivity index (χ4v) is 5.93. The number of piperazine rings is 1. The van der Waals surface area contributed by atoms with E-state index in [1.54, 1.807) is 17.0 Å². The maximum Gasteiger partial charge on any atom is 0.321 e. The second-order valence-electron chi connectivity index (χ2n) is 10.9. The van der Waals surface area contributed by atoms with Crippen LogP contribution in [0, 0.1) is 5.92 Å². The Morgan fingerprint density at radius 3 is 2.18 bits per heavy atom. The van der Waals surface area contributed by atoms with Crippen molar-refractivity contribution in [3.63, 3.8) is 0 Å². The number of benzene rings is 1. The number of amides is 6. The number of hydrogen-bond donors (Lipinski definition) is 4. The Morgan fingerprint density at radius 1 is 0.868 bits per heavy atom. The minimum atomic E-state index is -0.929. The first-order valence-electron chi connectivity index (χ1n) is 14.2. The van der Waals surface area contributed by atoms with E-state index in [4.69, 9.17) is 5.73 Å². The van der Waals surface area contributed by atoms with Crippen molar-refractivity contribution >= 4 is 29.6 Å². The van der Waals surface area contributed by atoms with Crippen LogP contribution in [0.4, 0.5) is 15.3 Å². The molecule has 3 fully saturated rings. The smallest absolute Gasteiger partial charge is 0.321 e. The fraction of sp³-hybridized carbons (Fsp3) is 0.643. The molecule has 4 rings (SSSR count). The molecule has 38 heavy (non-hydrogen) atoms. The van der Waals surface area contributed by atoms with E-state index >= 15 is 0 Å². The first-order chi connectivity index (χ1) is 18.4. The highest BCUT2D eigenvalue weighted by atomic mass is 16.2. The molecular weight excluding hydrogens is 484 g/mol. The van der Waals surface area contributed by atoms with Crippen molar-refractivity contribution < 1.29 is 19.2 Å². The number of urea groups is 2. The predicted octanol–water partition coefficient (Wildman–Crippen LogP) is 3.19. The molecule has 0 bridgehead atoms. The number of carbonyl (C=O) groups is 4. The minimum absolute atomic E-state index is 0.0253. The molecule has 5 N–H and O–H groups in total. The van der Waals surface area contributed by atoms with Gasteiger partial charge in [-0.25, -0.2) is 9.59 Å². The Balaban J connectivity index is 1.45. The second kappa shape index (κ2) is 13.5. The Bertz CT molecular complexity index is 961. The molecule has 10 heteroatoms. The third-order valence-corrected chi connectivity index (χ3v) is 8.14. The highest BCUT2D eigenvalue weighted by Crippen LogP contribution is 2.27. The molecular formula is C28H42N6O4. The van der Waals surface area contributed by atoms with E-state index < -0.39 is 23.9 Å². The number of primary amides is 1. The first kappa shape index (κ1) is 27.7. The fourth-order valence-electron chi connectivity index (χ4n) is 5.93. The molecule has 208 valence electrons. The molecule has 1 aromatic carbocycles. The van der Waals surface area contributed by atoms with Gasteiger partial charge < -0.3 is 31.5 Å². The van der Waals surface area contributed by atoms with Gasteiger partial charge >= 0.3 is 12.1 Å². The lowest BCUT2D eigenvalue weighted by atomic mass is 9.84. The van der Waals surface area contributed by atoms with Crippen LogP contribution >= 0.6 is 0 Å². The highest BCUT2D eigenvalue weighted by Gasteiger charge is 2.39. The van der Waals surface area contributed by atoms with Crippen LogP contribution in [-0.4, -0.2) is 71.4 Å². The predicted molar refractivity (Wildman–Crippen MR) is 145 cm³/mol. The van der Waals surface area contributed by atoms with E-state index in [0.717, 1.165) is 51.4 Å². The van der Waals surface area contributed by atoms with Gasteiger partial charge in [0.1, 0.15) is 12.1 Å². The van der Waals surface area contributed by atoms with Crippen molar-refractivity contribution in [2.45, 2.75) is 88.8 Å². The number of hydrogen-bond acceptors (Lipinski definition) is 4. The number of carbonyl (C=O) groups excluding carboxylic acids is 4. The molecule has 2 atom stereocenters. The minimum Gasteiger partial charge on any atom is -0.368 e. The Morgan fingerprint density at radius 2 is 1.53 bits per heavy atom. The number of nitrogens with one attached hydrogen (secondary N) is 3. The molecule has 1 heterocycles. The van der Waals surface area contributed by atoms with E-state index in [1.165, 1.54) is 17.7 Å². The lowest BCUT2D eigenvalue weighted by Crippen LogP contribution is -2.65. The summed E-state index contributed by atoms with van der Waals surface area (Å²) in [5, 5.41) is 8.79. The van der Waals surface area contributed by atoms with Crippen LogP contribution in [0.25, 0.3) is 0 Å². The summed E-state index contributed by atoms with van der Waals surface area (Å²) >= 11 is 0. The van der Waals surface area contributed by atoms with E-state index in [9.17, 15) is 19.2 Å². The molecule has 0 spiro atoms. The Kier molecular flexibility index (Phi) is 9.84. The van der Waals surface area contributed by atoms with Crippen molar-refractivity contribution in [1.29, 1.82) is 0 Å². The zero-order valence-corrected chi connectivity index (χ0v) is 22.2. The summed E-state index contributed by atoms with van der Waals surface area (Å²) in [5.74, 6) is -0.691. The number of nitrogens with two attached hydrogens (primary N) is 1. The van der Waals surface area contributed by atoms with Crippen LogP contribution in [0.1, 0.15) is 70.6 Å². The molecule has 3 aliphatic rings. The van der Waals surface area contributed by atoms with Crippen molar-refractivity contribution in [3.05, 3.63) is 30.3 Å². The van der Waals surface area contributed by atoms with E-state index in [1.807, 2.05) is 18.2 Å². The summed E-state index contributed by atoms with van der Waals surface area (Å²) in [6.45, 7) is 0.530. The third-order valence-electron chi connectivity index (χ3n) is 8.14. The summed E-state index contributed by atoms with van der Waals surface area (Å²) in [6.07, 6.45) is 11.1. The van der Waals surface area contributed by atoms with E-state index in [-0.39, 0.29) is 31.2 Å². The lowest BCUT2D eigenvalue weighted by molar-refractivity contribution is -0.131. The van der Waals surface area contributed by atoms with Gasteiger partial charge in [0.05, 0.1) is 6.54 Å². The van der Waals surface area contributed by atoms with Crippen LogP contribution in [0.3, 0.4) is 0 Å². The zero-order valence-electron chi connectivity index (χ0n) is 22.2. The van der Waals surface area contributed by atoms with Gasteiger partial charge in [-0.3, -0.25) is 9.59 Å². The molecule has 1 aliphatic heterocycles. The average Bonchev–Trinajstić information content (AvgIpc) is 2.94. The topological polar surface area (TPSA) is 137 Å². The van der Waals surface area contributed by atoms with Gasteiger partial charge in [0.15, 0.2) is 0 Å². The molecule has 2 unspecified atom stereocenters. The molecule has 1 aromatic rings. The van der Waals surface area contributed by atoms with Gasteiger partial charge in [-0.1, -0.05) is 69.6 Å². The largest absolute Gasteiger partial charge is 0.368 e. The third kappa shape index (κ3) is 7.61. The van der Waals surface area contributed by atoms with Crippen LogP contribution in [-0.2, 0) is 9.59 Å². The monoisotopic (exact) mass is 526 g/mol. The molecule has 6 amide bonds. The summed E-state index contributed by atoms with van der Waals surface area (Å²) in [6, 6.07) is 6.82. The standard InChI is InChI=1S/C28H42N6O4/c29-25(35)23(18-20-10-4-1-5-11-20)32-26(36)24-19-33(27(37)30-21-12-6-2-7-13-21)16-17-34(24)28(38)31-22-14-8-3-9-15-22/h2,6-7,12-13,20,22-24H,1,3-5,8-11,14-19H2,(H2,29,35)(H,30,37)(H,31,38)(H,32,36). The van der Waals surface area contributed by atoms with Crippen molar-refractivity contribution in [2.75, 3.05) is 25.0 Å². The molecule has 1 saturated heterocycles. The number of para-hydroxylation sites is 1. The van der Waals surface area contributed by atoms with Crippen molar-refractivity contribution in [3.8, 4) is 0 Å². The van der Waals surface area contributed by atoms with Crippen LogP contribution in [0.5, 0.6) is 0 Å². The zero-order chi connectivity index (χ0) is 26.9. The molecule has 10 nitrogen and oxygen atoms in total. The molecule has 0 radical (unpaired) electrons. The maximum atomic E-state index is 13.6. The Labute approximate surface area is 225 Å². The normalized spacial score (nSPS) is 21.8. The van der Waals surface area contributed by atoms with Crippen LogP contribution in [0.2, 0.25) is 0 Å². The van der Waals surface area contributed by atoms with Gasteiger partial charge in [0.25, 0.3) is 0 Å². The summed E-state index contributed by atoms with van der Waals surface area (Å²) in [4.78, 5) is 55.2. The number of anilines is 1. The quantitative estimate of drug-likeness (QED) is 0.434. The summed E-state index contributed by atoms with van der Waals surface area (Å²) < 4.78 is 0. The average molecular weight is 527 g/mol. The first-order valence-corrected chi connectivity index (χ1v) is 14.2. The molecule has 0 aromatic heterocycles. The highest BCUT2D eigenvalue weighted by molar-refractivity contribution is 5.94. The lowest BCUT2D eigenvalue weighted by Gasteiger charge is -2.41. The van der Waals surface area contributed by atoms with Crippen molar-refractivity contribution in [2.24, 2.45) is 11.7 Å². The van der Waals surface area contributed by atoms with Gasteiger partial charge in [0, 0.05) is 24.8 Å². The van der Waals surface area contributed by atoms with Gasteiger partial charge in [-0.15, -0.1) is 0 Å². The van der Waals surface area contributed by atoms with E-state index in [0.29, 0.717) is 24.6 Å². The van der Waals surface area contributed by atoms with Gasteiger partial charge in [-0.2, -0.15) is 0 Å². The second-order valence-corrected chi connectivity index (χ2v) is 10.9.